The number of thiazole rings is 1. The SMILES string of the molecule is Cc1csc(NC(=O)C2CCN(Cc3cc(=O)oc4cc(Br)ccc34)CC2)n1. The molecule has 0 atom stereocenters. The van der Waals surface area contributed by atoms with Crippen molar-refractivity contribution in [2.45, 2.75) is 26.3 Å². The van der Waals surface area contributed by atoms with Crippen LogP contribution in [-0.4, -0.2) is 28.9 Å². The average Bonchev–Trinajstić information content (AvgIpc) is 3.06. The van der Waals surface area contributed by atoms with Crippen LogP contribution in [0.15, 0.2) is 43.3 Å². The van der Waals surface area contributed by atoms with Crippen LogP contribution < -0.4 is 10.9 Å². The molecular formula is C20H20BrN3O3S. The van der Waals surface area contributed by atoms with Crippen LogP contribution in [-0.2, 0) is 11.3 Å². The highest BCUT2D eigenvalue weighted by Gasteiger charge is 2.26. The van der Waals surface area contributed by atoms with Crippen molar-refractivity contribution in [1.29, 1.82) is 0 Å². The molecule has 0 unspecified atom stereocenters. The van der Waals surface area contributed by atoms with Crippen molar-refractivity contribution >= 4 is 49.3 Å². The smallest absolute Gasteiger partial charge is 0.336 e. The Balaban J connectivity index is 1.40. The molecule has 3 heterocycles. The number of fused-ring (bicyclic) bond motifs is 1. The summed E-state index contributed by atoms with van der Waals surface area (Å²) in [5, 5.41) is 6.47. The molecule has 0 radical (unpaired) electrons. The summed E-state index contributed by atoms with van der Waals surface area (Å²) in [6.45, 7) is 4.21. The van der Waals surface area contributed by atoms with Crippen molar-refractivity contribution in [3.05, 3.63) is 55.8 Å². The summed E-state index contributed by atoms with van der Waals surface area (Å²) >= 11 is 4.86. The number of carbonyl (C=O) groups excluding carboxylic acids is 1. The predicted octanol–water partition coefficient (Wildman–Crippen LogP) is 4.17. The lowest BCUT2D eigenvalue weighted by Gasteiger charge is -2.31. The number of amides is 1. The van der Waals surface area contributed by atoms with Gasteiger partial charge in [0.2, 0.25) is 5.91 Å². The maximum Gasteiger partial charge on any atom is 0.336 e. The van der Waals surface area contributed by atoms with E-state index in [9.17, 15) is 9.59 Å². The zero-order valence-corrected chi connectivity index (χ0v) is 17.8. The molecule has 1 N–H and O–H groups in total. The standard InChI is InChI=1S/C20H20BrN3O3S/c1-12-11-28-20(22-12)23-19(26)13-4-6-24(7-5-13)10-14-8-18(25)27-17-9-15(21)2-3-16(14)17/h2-3,8-9,11,13H,4-7,10H2,1H3,(H,22,23,26). The maximum absolute atomic E-state index is 12.5. The van der Waals surface area contributed by atoms with Crippen LogP contribution in [0.5, 0.6) is 0 Å². The van der Waals surface area contributed by atoms with Crippen LogP contribution in [0.1, 0.15) is 24.1 Å². The lowest BCUT2D eigenvalue weighted by Crippen LogP contribution is -2.37. The molecule has 2 aromatic heterocycles. The first kappa shape index (κ1) is 19.3. The Morgan fingerprint density at radius 3 is 2.86 bits per heavy atom. The summed E-state index contributed by atoms with van der Waals surface area (Å²) in [5.41, 5.74) is 2.13. The van der Waals surface area contributed by atoms with Gasteiger partial charge < -0.3 is 9.73 Å². The fourth-order valence-corrected chi connectivity index (χ4v) is 4.58. The lowest BCUT2D eigenvalue weighted by molar-refractivity contribution is -0.121. The zero-order chi connectivity index (χ0) is 19.7. The second-order valence-electron chi connectivity index (χ2n) is 7.06. The fourth-order valence-electron chi connectivity index (χ4n) is 3.55. The van der Waals surface area contributed by atoms with Gasteiger partial charge in [-0.05, 0) is 56.6 Å². The fraction of sp³-hybridized carbons (Fsp3) is 0.350. The molecule has 6 nitrogen and oxygen atoms in total. The minimum atomic E-state index is -0.339. The second kappa shape index (κ2) is 8.14. The monoisotopic (exact) mass is 461 g/mol. The van der Waals surface area contributed by atoms with Crippen molar-refractivity contribution < 1.29 is 9.21 Å². The number of hydrogen-bond donors (Lipinski definition) is 1. The molecule has 8 heteroatoms. The third-order valence-corrected chi connectivity index (χ3v) is 6.36. The van der Waals surface area contributed by atoms with E-state index in [2.05, 4.69) is 31.1 Å². The highest BCUT2D eigenvalue weighted by molar-refractivity contribution is 9.10. The van der Waals surface area contributed by atoms with Crippen molar-refractivity contribution in [2.24, 2.45) is 5.92 Å². The van der Waals surface area contributed by atoms with Gasteiger partial charge in [0.15, 0.2) is 5.13 Å². The van der Waals surface area contributed by atoms with E-state index in [0.717, 1.165) is 47.0 Å². The van der Waals surface area contributed by atoms with Crippen molar-refractivity contribution in [3.8, 4) is 0 Å². The number of nitrogens with zero attached hydrogens (tertiary/aromatic N) is 2. The van der Waals surface area contributed by atoms with Gasteiger partial charge in [0.1, 0.15) is 5.58 Å². The summed E-state index contributed by atoms with van der Waals surface area (Å²) < 4.78 is 6.19. The average molecular weight is 462 g/mol. The summed E-state index contributed by atoms with van der Waals surface area (Å²) in [6.07, 6.45) is 1.59. The number of halogens is 1. The molecule has 0 spiro atoms. The molecule has 0 bridgehead atoms. The van der Waals surface area contributed by atoms with Gasteiger partial charge in [0.25, 0.3) is 0 Å². The van der Waals surface area contributed by atoms with Crippen molar-refractivity contribution in [3.63, 3.8) is 0 Å². The number of rotatable bonds is 4. The van der Waals surface area contributed by atoms with Gasteiger partial charge in [0.05, 0.1) is 5.69 Å². The Bertz CT molecular complexity index is 1070. The Hall–Kier alpha value is -2.03. The van der Waals surface area contributed by atoms with Crippen LogP contribution in [0, 0.1) is 12.8 Å². The number of piperidine rings is 1. The quantitative estimate of drug-likeness (QED) is 0.589. The van der Waals surface area contributed by atoms with Gasteiger partial charge in [-0.25, -0.2) is 9.78 Å². The van der Waals surface area contributed by atoms with Crippen LogP contribution in [0.25, 0.3) is 11.0 Å². The number of nitrogens with one attached hydrogen (secondary N) is 1. The third kappa shape index (κ3) is 4.34. The van der Waals surface area contributed by atoms with Gasteiger partial charge in [-0.1, -0.05) is 15.9 Å². The minimum Gasteiger partial charge on any atom is -0.423 e. The molecule has 1 fully saturated rings. The van der Waals surface area contributed by atoms with Gasteiger partial charge in [-0.15, -0.1) is 11.3 Å². The largest absolute Gasteiger partial charge is 0.423 e. The van der Waals surface area contributed by atoms with Gasteiger partial charge >= 0.3 is 5.63 Å². The third-order valence-electron chi connectivity index (χ3n) is 4.99. The Morgan fingerprint density at radius 2 is 2.14 bits per heavy atom. The molecule has 146 valence electrons. The van der Waals surface area contributed by atoms with Crippen molar-refractivity contribution in [1.82, 2.24) is 9.88 Å². The molecule has 1 amide bonds. The van der Waals surface area contributed by atoms with Gasteiger partial charge in [-0.2, -0.15) is 0 Å². The molecule has 1 aliphatic heterocycles. The van der Waals surface area contributed by atoms with Crippen molar-refractivity contribution in [2.75, 3.05) is 18.4 Å². The minimum absolute atomic E-state index is 0.00556. The molecule has 0 aliphatic carbocycles. The highest BCUT2D eigenvalue weighted by Crippen LogP contribution is 2.25. The van der Waals surface area contributed by atoms with E-state index in [4.69, 9.17) is 4.42 Å². The Morgan fingerprint density at radius 1 is 1.36 bits per heavy atom. The number of benzene rings is 1. The zero-order valence-electron chi connectivity index (χ0n) is 15.4. The first-order chi connectivity index (χ1) is 13.5. The van der Waals surface area contributed by atoms with E-state index in [1.54, 1.807) is 6.07 Å². The predicted molar refractivity (Wildman–Crippen MR) is 114 cm³/mol. The summed E-state index contributed by atoms with van der Waals surface area (Å²) in [7, 11) is 0. The van der Waals surface area contributed by atoms with E-state index in [1.165, 1.54) is 11.3 Å². The van der Waals surface area contributed by atoms with Crippen LogP contribution in [0.4, 0.5) is 5.13 Å². The van der Waals surface area contributed by atoms with E-state index in [-0.39, 0.29) is 17.5 Å². The molecule has 3 aromatic rings. The molecule has 1 saturated heterocycles. The maximum atomic E-state index is 12.5. The molecule has 1 aliphatic rings. The van der Waals surface area contributed by atoms with Crippen LogP contribution in [0.2, 0.25) is 0 Å². The summed E-state index contributed by atoms with van der Waals surface area (Å²) in [6, 6.07) is 7.30. The number of likely N-dealkylation sites (tertiary alicyclic amines) is 1. The number of carbonyl (C=O) groups is 1. The Kier molecular flexibility index (Phi) is 5.61. The summed E-state index contributed by atoms with van der Waals surface area (Å²) in [5.74, 6) is 0.0404. The normalized spacial score (nSPS) is 15.8. The van der Waals surface area contributed by atoms with E-state index >= 15 is 0 Å². The summed E-state index contributed by atoms with van der Waals surface area (Å²) in [4.78, 5) is 31.0. The van der Waals surface area contributed by atoms with E-state index in [0.29, 0.717) is 17.3 Å². The van der Waals surface area contributed by atoms with E-state index in [1.807, 2.05) is 30.5 Å². The molecule has 4 rings (SSSR count). The number of aryl methyl sites for hydroxylation is 1. The number of anilines is 1. The lowest BCUT2D eigenvalue weighted by atomic mass is 9.95. The Labute approximate surface area is 174 Å². The molecule has 0 saturated carbocycles. The number of hydrogen-bond acceptors (Lipinski definition) is 6. The van der Waals surface area contributed by atoms with E-state index < -0.39 is 0 Å². The molecular weight excluding hydrogens is 442 g/mol. The second-order valence-corrected chi connectivity index (χ2v) is 8.84. The topological polar surface area (TPSA) is 75.4 Å². The first-order valence-electron chi connectivity index (χ1n) is 9.15. The molecule has 28 heavy (non-hydrogen) atoms. The van der Waals surface area contributed by atoms with Crippen LogP contribution >= 0.6 is 27.3 Å². The van der Waals surface area contributed by atoms with Gasteiger partial charge in [-0.3, -0.25) is 9.69 Å². The highest BCUT2D eigenvalue weighted by atomic mass is 79.9. The van der Waals surface area contributed by atoms with Gasteiger partial charge in [0, 0.05) is 33.8 Å². The molecule has 1 aromatic carbocycles. The number of aromatic nitrogens is 1. The van der Waals surface area contributed by atoms with Crippen LogP contribution in [0.3, 0.4) is 0 Å². The first-order valence-corrected chi connectivity index (χ1v) is 10.8.